The number of primary amides is 1. The van der Waals surface area contributed by atoms with E-state index >= 15 is 0 Å². The van der Waals surface area contributed by atoms with Gasteiger partial charge in [0, 0.05) is 17.2 Å². The highest BCUT2D eigenvalue weighted by atomic mass is 16.1. The van der Waals surface area contributed by atoms with E-state index in [-0.39, 0.29) is 5.56 Å². The van der Waals surface area contributed by atoms with Crippen LogP contribution in [-0.2, 0) is 4.79 Å². The molecule has 0 atom stereocenters. The van der Waals surface area contributed by atoms with E-state index in [1.54, 1.807) is 18.1 Å². The van der Waals surface area contributed by atoms with Gasteiger partial charge in [-0.05, 0) is 12.1 Å². The van der Waals surface area contributed by atoms with Gasteiger partial charge in [0.05, 0.1) is 0 Å². The van der Waals surface area contributed by atoms with Crippen molar-refractivity contribution in [1.29, 1.82) is 0 Å². The quantitative estimate of drug-likeness (QED) is 0.638. The molecule has 3 nitrogen and oxygen atoms in total. The molecule has 12 heavy (non-hydrogen) atoms. The molecule has 0 saturated carbocycles. The van der Waals surface area contributed by atoms with Crippen molar-refractivity contribution in [2.45, 2.75) is 0 Å². The number of carbonyl (C=O) groups excluding carboxylic acids is 2. The fourth-order valence-electron chi connectivity index (χ4n) is 0.843. The molecule has 0 aliphatic heterocycles. The minimum absolute atomic E-state index is 0.279. The largest absolute Gasteiger partial charge is 0.366 e. The smallest absolute Gasteiger partial charge is 0.249 e. The van der Waals surface area contributed by atoms with Crippen molar-refractivity contribution in [3.8, 4) is 0 Å². The van der Waals surface area contributed by atoms with Crippen molar-refractivity contribution in [3.05, 3.63) is 35.4 Å². The average molecular weight is 160 g/mol. The SMILES string of the molecule is NC(=O)c1ccc[c]c1C=C=O. The zero-order chi connectivity index (χ0) is 8.97. The molecule has 0 fully saturated rings. The number of rotatable bonds is 2. The predicted octanol–water partition coefficient (Wildman–Crippen LogP) is 0.430. The molecule has 3 heteroatoms. The number of hydrogen-bond donors (Lipinski definition) is 1. The van der Waals surface area contributed by atoms with Crippen LogP contribution in [0.15, 0.2) is 18.2 Å². The maximum Gasteiger partial charge on any atom is 0.249 e. The van der Waals surface area contributed by atoms with E-state index in [1.807, 2.05) is 0 Å². The Morgan fingerprint density at radius 3 is 3.00 bits per heavy atom. The Hall–Kier alpha value is -1.86. The van der Waals surface area contributed by atoms with Crippen molar-refractivity contribution in [2.24, 2.45) is 5.73 Å². The minimum Gasteiger partial charge on any atom is -0.366 e. The lowest BCUT2D eigenvalue weighted by Gasteiger charge is -1.97. The van der Waals surface area contributed by atoms with Crippen LogP contribution < -0.4 is 5.73 Å². The van der Waals surface area contributed by atoms with Crippen molar-refractivity contribution in [2.75, 3.05) is 0 Å². The van der Waals surface area contributed by atoms with Crippen LogP contribution in [-0.4, -0.2) is 11.8 Å². The summed E-state index contributed by atoms with van der Waals surface area (Å²) in [6.07, 6.45) is 1.13. The molecule has 0 spiro atoms. The minimum atomic E-state index is -0.576. The lowest BCUT2D eigenvalue weighted by atomic mass is 10.1. The maximum atomic E-state index is 10.7. The fraction of sp³-hybridized carbons (Fsp3) is 0. The lowest BCUT2D eigenvalue weighted by molar-refractivity contribution is 0.1000. The summed E-state index contributed by atoms with van der Waals surface area (Å²) in [6, 6.07) is 7.45. The van der Waals surface area contributed by atoms with Gasteiger partial charge < -0.3 is 5.73 Å². The molecule has 1 aromatic rings. The van der Waals surface area contributed by atoms with E-state index in [4.69, 9.17) is 5.73 Å². The molecule has 1 amide bonds. The van der Waals surface area contributed by atoms with Gasteiger partial charge >= 0.3 is 0 Å². The molecule has 2 N–H and O–H groups in total. The number of nitrogens with two attached hydrogens (primary N) is 1. The predicted molar refractivity (Wildman–Crippen MR) is 44.0 cm³/mol. The monoisotopic (exact) mass is 160 g/mol. The molecule has 1 aromatic carbocycles. The number of benzene rings is 1. The maximum absolute atomic E-state index is 10.7. The second kappa shape index (κ2) is 3.51. The Morgan fingerprint density at radius 1 is 1.67 bits per heavy atom. The molecule has 0 aliphatic rings. The summed E-state index contributed by atoms with van der Waals surface area (Å²) in [5, 5.41) is 0. The van der Waals surface area contributed by atoms with Crippen LogP contribution in [0, 0.1) is 6.07 Å². The standard InChI is InChI=1S/C9H6NO2/c10-9(12)8-4-2-1-3-7(8)5-6-11/h1-2,4-5H,(H2,10,12). The van der Waals surface area contributed by atoms with E-state index in [2.05, 4.69) is 6.07 Å². The number of carbonyl (C=O) groups is 1. The first-order chi connectivity index (χ1) is 5.75. The molecule has 0 aromatic heterocycles. The summed E-state index contributed by atoms with van der Waals surface area (Å²) in [5.74, 6) is 0.990. The summed E-state index contributed by atoms with van der Waals surface area (Å²) in [5.41, 5.74) is 5.69. The van der Waals surface area contributed by atoms with E-state index < -0.39 is 5.91 Å². The van der Waals surface area contributed by atoms with Gasteiger partial charge in [-0.2, -0.15) is 0 Å². The lowest BCUT2D eigenvalue weighted by Crippen LogP contribution is -2.12. The number of hydrogen-bond acceptors (Lipinski definition) is 2. The van der Waals surface area contributed by atoms with Gasteiger partial charge in [-0.15, -0.1) is 0 Å². The van der Waals surface area contributed by atoms with Gasteiger partial charge in [0.2, 0.25) is 5.91 Å². The molecule has 1 radical (unpaired) electrons. The average Bonchev–Trinajstić information content (AvgIpc) is 2.05. The van der Waals surface area contributed by atoms with Gasteiger partial charge in [0.15, 0.2) is 0 Å². The summed E-state index contributed by atoms with van der Waals surface area (Å²) in [4.78, 5) is 20.7. The Morgan fingerprint density at radius 2 is 2.42 bits per heavy atom. The van der Waals surface area contributed by atoms with Crippen molar-refractivity contribution < 1.29 is 9.59 Å². The topological polar surface area (TPSA) is 60.2 Å². The Balaban J connectivity index is 3.26. The van der Waals surface area contributed by atoms with Crippen LogP contribution in [0.5, 0.6) is 0 Å². The summed E-state index contributed by atoms with van der Waals surface area (Å²) in [6.45, 7) is 0. The normalized spacial score (nSPS) is 8.67. The first kappa shape index (κ1) is 8.24. The van der Waals surface area contributed by atoms with Gasteiger partial charge in [-0.1, -0.05) is 12.1 Å². The third-order valence-electron chi connectivity index (χ3n) is 1.36. The first-order valence-electron chi connectivity index (χ1n) is 3.27. The van der Waals surface area contributed by atoms with Crippen LogP contribution in [0.4, 0.5) is 0 Å². The Bertz CT molecular complexity index is 330. The molecule has 0 heterocycles. The zero-order valence-electron chi connectivity index (χ0n) is 6.20. The molecule has 1 rings (SSSR count). The van der Waals surface area contributed by atoms with Crippen LogP contribution in [0.3, 0.4) is 0 Å². The summed E-state index contributed by atoms with van der Waals surface area (Å²) < 4.78 is 0. The van der Waals surface area contributed by atoms with Crippen LogP contribution >= 0.6 is 0 Å². The zero-order valence-corrected chi connectivity index (χ0v) is 6.20. The van der Waals surface area contributed by atoms with Crippen molar-refractivity contribution in [1.82, 2.24) is 0 Å². The van der Waals surface area contributed by atoms with Crippen molar-refractivity contribution in [3.63, 3.8) is 0 Å². The highest BCUT2D eigenvalue weighted by Gasteiger charge is 2.03. The van der Waals surface area contributed by atoms with Crippen LogP contribution in [0.25, 0.3) is 6.08 Å². The third-order valence-corrected chi connectivity index (χ3v) is 1.36. The van der Waals surface area contributed by atoms with Crippen LogP contribution in [0.2, 0.25) is 0 Å². The molecule has 0 saturated heterocycles. The second-order valence-electron chi connectivity index (χ2n) is 2.12. The molecule has 0 aliphatic carbocycles. The molecular formula is C9H6NO2. The molecule has 59 valence electrons. The molecule has 0 bridgehead atoms. The van der Waals surface area contributed by atoms with E-state index in [0.29, 0.717) is 5.56 Å². The van der Waals surface area contributed by atoms with Gasteiger partial charge in [0.1, 0.15) is 5.94 Å². The fourth-order valence-corrected chi connectivity index (χ4v) is 0.843. The van der Waals surface area contributed by atoms with Crippen molar-refractivity contribution >= 4 is 17.9 Å². The summed E-state index contributed by atoms with van der Waals surface area (Å²) in [7, 11) is 0. The van der Waals surface area contributed by atoms with Crippen LogP contribution in [0.1, 0.15) is 15.9 Å². The van der Waals surface area contributed by atoms with Gasteiger partial charge in [0.25, 0.3) is 0 Å². The third kappa shape index (κ3) is 1.59. The Kier molecular flexibility index (Phi) is 2.41. The number of amides is 1. The Labute approximate surface area is 69.5 Å². The highest BCUT2D eigenvalue weighted by Crippen LogP contribution is 2.07. The van der Waals surface area contributed by atoms with Gasteiger partial charge in [-0.3, -0.25) is 4.79 Å². The second-order valence-corrected chi connectivity index (χ2v) is 2.12. The summed E-state index contributed by atoms with van der Waals surface area (Å²) >= 11 is 0. The molecular weight excluding hydrogens is 154 g/mol. The molecule has 0 unspecified atom stereocenters. The van der Waals surface area contributed by atoms with E-state index in [0.717, 1.165) is 6.08 Å². The van der Waals surface area contributed by atoms with E-state index in [9.17, 15) is 9.59 Å². The van der Waals surface area contributed by atoms with Gasteiger partial charge in [-0.25, -0.2) is 4.79 Å². The van der Waals surface area contributed by atoms with E-state index in [1.165, 1.54) is 6.07 Å². The first-order valence-corrected chi connectivity index (χ1v) is 3.27. The highest BCUT2D eigenvalue weighted by molar-refractivity contribution is 5.98.